The van der Waals surface area contributed by atoms with Crippen LogP contribution in [0.1, 0.15) is 30.0 Å². The molecule has 3 rings (SSSR count). The van der Waals surface area contributed by atoms with Gasteiger partial charge in [-0.15, -0.1) is 0 Å². The molecule has 0 spiro atoms. The van der Waals surface area contributed by atoms with Gasteiger partial charge < -0.3 is 15.0 Å². The standard InChI is InChI=1S/C22H24N2O3/c1-4-27-18-8-6-17(7-9-18)23-21(25)10-5-16-13-19-15(3)11-14(2)12-20(19)24-22(16)26/h6-9,11-13H,4-5,10H2,1-3H3,(H,23,25)(H,24,26). The van der Waals surface area contributed by atoms with Gasteiger partial charge in [-0.25, -0.2) is 0 Å². The molecule has 1 heterocycles. The fourth-order valence-corrected chi connectivity index (χ4v) is 3.17. The highest BCUT2D eigenvalue weighted by molar-refractivity contribution is 5.91. The van der Waals surface area contributed by atoms with Crippen molar-refractivity contribution in [3.8, 4) is 5.75 Å². The number of carbonyl (C=O) groups excluding carboxylic acids is 1. The van der Waals surface area contributed by atoms with Crippen molar-refractivity contribution >= 4 is 22.5 Å². The predicted molar refractivity (Wildman–Crippen MR) is 109 cm³/mol. The molecule has 0 saturated carbocycles. The zero-order valence-corrected chi connectivity index (χ0v) is 15.9. The first-order chi connectivity index (χ1) is 13.0. The van der Waals surface area contributed by atoms with Crippen molar-refractivity contribution in [1.82, 2.24) is 4.98 Å². The number of aromatic amines is 1. The lowest BCUT2D eigenvalue weighted by molar-refractivity contribution is -0.116. The summed E-state index contributed by atoms with van der Waals surface area (Å²) in [5.41, 5.74) is 4.25. The topological polar surface area (TPSA) is 71.2 Å². The van der Waals surface area contributed by atoms with Crippen molar-refractivity contribution in [2.75, 3.05) is 11.9 Å². The van der Waals surface area contributed by atoms with Crippen LogP contribution < -0.4 is 15.6 Å². The third kappa shape index (κ3) is 4.56. The summed E-state index contributed by atoms with van der Waals surface area (Å²) in [5.74, 6) is 0.642. The summed E-state index contributed by atoms with van der Waals surface area (Å²) in [7, 11) is 0. The Kier molecular flexibility index (Phi) is 5.60. The van der Waals surface area contributed by atoms with Crippen molar-refractivity contribution in [3.05, 3.63) is 69.5 Å². The zero-order chi connectivity index (χ0) is 19.4. The van der Waals surface area contributed by atoms with Crippen molar-refractivity contribution in [1.29, 1.82) is 0 Å². The molecule has 0 aliphatic heterocycles. The van der Waals surface area contributed by atoms with Crippen LogP contribution in [0, 0.1) is 13.8 Å². The molecular weight excluding hydrogens is 340 g/mol. The molecule has 2 N–H and O–H groups in total. The first-order valence-electron chi connectivity index (χ1n) is 9.12. The average Bonchev–Trinajstić information content (AvgIpc) is 2.62. The fourth-order valence-electron chi connectivity index (χ4n) is 3.17. The minimum Gasteiger partial charge on any atom is -0.494 e. The number of carbonyl (C=O) groups is 1. The minimum atomic E-state index is -0.138. The molecule has 0 bridgehead atoms. The maximum atomic E-state index is 12.3. The Labute approximate surface area is 158 Å². The Bertz CT molecular complexity index is 1020. The SMILES string of the molecule is CCOc1ccc(NC(=O)CCc2cc3c(C)cc(C)cc3[nH]c2=O)cc1. The van der Waals surface area contributed by atoms with E-state index in [9.17, 15) is 9.59 Å². The highest BCUT2D eigenvalue weighted by Crippen LogP contribution is 2.19. The van der Waals surface area contributed by atoms with E-state index in [-0.39, 0.29) is 17.9 Å². The molecule has 1 aromatic heterocycles. The summed E-state index contributed by atoms with van der Waals surface area (Å²) in [4.78, 5) is 27.5. The summed E-state index contributed by atoms with van der Waals surface area (Å²) in [6, 6.07) is 13.2. The van der Waals surface area contributed by atoms with Gasteiger partial charge in [0.25, 0.3) is 5.56 Å². The van der Waals surface area contributed by atoms with E-state index in [2.05, 4.69) is 16.4 Å². The van der Waals surface area contributed by atoms with Gasteiger partial charge in [0.1, 0.15) is 5.75 Å². The summed E-state index contributed by atoms with van der Waals surface area (Å²) in [5, 5.41) is 3.87. The quantitative estimate of drug-likeness (QED) is 0.691. The molecule has 140 valence electrons. The van der Waals surface area contributed by atoms with Gasteiger partial charge >= 0.3 is 0 Å². The van der Waals surface area contributed by atoms with E-state index in [1.807, 2.05) is 45.0 Å². The lowest BCUT2D eigenvalue weighted by Crippen LogP contribution is -2.17. The van der Waals surface area contributed by atoms with Gasteiger partial charge in [-0.3, -0.25) is 9.59 Å². The lowest BCUT2D eigenvalue weighted by Gasteiger charge is -2.09. The molecule has 5 nitrogen and oxygen atoms in total. The van der Waals surface area contributed by atoms with E-state index in [0.717, 1.165) is 27.8 Å². The van der Waals surface area contributed by atoms with E-state index in [1.54, 1.807) is 12.1 Å². The maximum absolute atomic E-state index is 12.3. The third-order valence-corrected chi connectivity index (χ3v) is 4.46. The van der Waals surface area contributed by atoms with Gasteiger partial charge in [0, 0.05) is 28.6 Å². The number of ether oxygens (including phenoxy) is 1. The summed E-state index contributed by atoms with van der Waals surface area (Å²) in [6.07, 6.45) is 0.633. The monoisotopic (exact) mass is 364 g/mol. The van der Waals surface area contributed by atoms with Gasteiger partial charge in [0.05, 0.1) is 6.61 Å². The van der Waals surface area contributed by atoms with Gasteiger partial charge in [-0.1, -0.05) is 6.07 Å². The Morgan fingerprint density at radius 2 is 1.85 bits per heavy atom. The van der Waals surface area contributed by atoms with Gasteiger partial charge in [-0.05, 0) is 74.7 Å². The molecule has 0 unspecified atom stereocenters. The Morgan fingerprint density at radius 3 is 2.56 bits per heavy atom. The molecule has 1 amide bonds. The second-order valence-corrected chi connectivity index (χ2v) is 6.67. The Morgan fingerprint density at radius 1 is 1.11 bits per heavy atom. The second kappa shape index (κ2) is 8.08. The number of aromatic nitrogens is 1. The number of nitrogens with one attached hydrogen (secondary N) is 2. The largest absolute Gasteiger partial charge is 0.494 e. The Balaban J connectivity index is 1.68. The van der Waals surface area contributed by atoms with Crippen LogP contribution >= 0.6 is 0 Å². The normalized spacial score (nSPS) is 10.8. The second-order valence-electron chi connectivity index (χ2n) is 6.67. The van der Waals surface area contributed by atoms with Crippen LogP contribution in [0.25, 0.3) is 10.9 Å². The molecule has 0 aliphatic rings. The van der Waals surface area contributed by atoms with Crippen LogP contribution in [0.2, 0.25) is 0 Å². The highest BCUT2D eigenvalue weighted by atomic mass is 16.5. The van der Waals surface area contributed by atoms with Crippen molar-refractivity contribution < 1.29 is 9.53 Å². The molecule has 5 heteroatoms. The highest BCUT2D eigenvalue weighted by Gasteiger charge is 2.09. The fraction of sp³-hybridized carbons (Fsp3) is 0.273. The third-order valence-electron chi connectivity index (χ3n) is 4.46. The van der Waals surface area contributed by atoms with Crippen LogP contribution in [0.15, 0.2) is 47.3 Å². The van der Waals surface area contributed by atoms with E-state index >= 15 is 0 Å². The number of amides is 1. The number of hydrogen-bond donors (Lipinski definition) is 2. The van der Waals surface area contributed by atoms with Gasteiger partial charge in [-0.2, -0.15) is 0 Å². The van der Waals surface area contributed by atoms with Crippen molar-refractivity contribution in [2.45, 2.75) is 33.6 Å². The predicted octanol–water partition coefficient (Wildman–Crippen LogP) is 4.11. The summed E-state index contributed by atoms with van der Waals surface area (Å²) < 4.78 is 5.39. The molecule has 2 aromatic carbocycles. The smallest absolute Gasteiger partial charge is 0.251 e. The molecule has 0 atom stereocenters. The molecule has 0 radical (unpaired) electrons. The molecule has 3 aromatic rings. The number of pyridine rings is 1. The number of aryl methyl sites for hydroxylation is 3. The zero-order valence-electron chi connectivity index (χ0n) is 15.9. The molecule has 0 aliphatic carbocycles. The van der Waals surface area contributed by atoms with Gasteiger partial charge in [0.2, 0.25) is 5.91 Å². The molecule has 27 heavy (non-hydrogen) atoms. The van der Waals surface area contributed by atoms with E-state index in [1.165, 1.54) is 0 Å². The van der Waals surface area contributed by atoms with Crippen LogP contribution in [-0.4, -0.2) is 17.5 Å². The summed E-state index contributed by atoms with van der Waals surface area (Å²) >= 11 is 0. The van der Waals surface area contributed by atoms with Crippen molar-refractivity contribution in [3.63, 3.8) is 0 Å². The number of fused-ring (bicyclic) bond motifs is 1. The number of rotatable bonds is 6. The number of benzene rings is 2. The minimum absolute atomic E-state index is 0.126. The summed E-state index contributed by atoms with van der Waals surface area (Å²) in [6.45, 7) is 6.55. The molecule has 0 saturated heterocycles. The van der Waals surface area contributed by atoms with E-state index in [0.29, 0.717) is 24.3 Å². The van der Waals surface area contributed by atoms with E-state index in [4.69, 9.17) is 4.74 Å². The number of H-pyrrole nitrogens is 1. The number of hydrogen-bond acceptors (Lipinski definition) is 3. The number of anilines is 1. The molecule has 0 fully saturated rings. The Hall–Kier alpha value is -3.08. The average molecular weight is 364 g/mol. The molecular formula is C22H24N2O3. The van der Waals surface area contributed by atoms with Crippen LogP contribution in [0.5, 0.6) is 5.75 Å². The van der Waals surface area contributed by atoms with Crippen LogP contribution in [0.4, 0.5) is 5.69 Å². The maximum Gasteiger partial charge on any atom is 0.251 e. The lowest BCUT2D eigenvalue weighted by atomic mass is 10.0. The first kappa shape index (κ1) is 18.7. The van der Waals surface area contributed by atoms with Crippen molar-refractivity contribution in [2.24, 2.45) is 0 Å². The first-order valence-corrected chi connectivity index (χ1v) is 9.12. The van der Waals surface area contributed by atoms with Crippen LogP contribution in [-0.2, 0) is 11.2 Å². The van der Waals surface area contributed by atoms with Crippen LogP contribution in [0.3, 0.4) is 0 Å². The van der Waals surface area contributed by atoms with Gasteiger partial charge in [0.15, 0.2) is 0 Å². The van der Waals surface area contributed by atoms with E-state index < -0.39 is 0 Å².